The Kier molecular flexibility index (Phi) is 2.66. The van der Waals surface area contributed by atoms with Crippen LogP contribution in [-0.2, 0) is 13.1 Å². The average molecular weight is 218 g/mol. The molecule has 0 saturated heterocycles. The number of aromatic carboxylic acids is 1. The Morgan fingerprint density at radius 1 is 1.50 bits per heavy atom. The fourth-order valence-electron chi connectivity index (χ4n) is 2.03. The van der Waals surface area contributed by atoms with E-state index in [1.165, 1.54) is 0 Å². The highest BCUT2D eigenvalue weighted by atomic mass is 16.4. The average Bonchev–Trinajstić information content (AvgIpc) is 2.66. The lowest BCUT2D eigenvalue weighted by Crippen LogP contribution is -2.00. The number of hydrogen-bond donors (Lipinski definition) is 2. The third-order valence-electron chi connectivity index (χ3n) is 2.78. The Morgan fingerprint density at radius 3 is 2.81 bits per heavy atom. The van der Waals surface area contributed by atoms with Crippen LogP contribution in [0.3, 0.4) is 0 Å². The molecule has 1 aromatic carbocycles. The largest absolute Gasteiger partial charge is 0.478 e. The van der Waals surface area contributed by atoms with E-state index in [0.717, 1.165) is 23.0 Å². The molecular formula is C12H14N2O2. The van der Waals surface area contributed by atoms with Crippen molar-refractivity contribution >= 4 is 16.9 Å². The van der Waals surface area contributed by atoms with Gasteiger partial charge in [0.05, 0.1) is 5.56 Å². The molecule has 1 heterocycles. The Balaban J connectivity index is 2.84. The Morgan fingerprint density at radius 2 is 2.25 bits per heavy atom. The minimum absolute atomic E-state index is 0.324. The highest BCUT2D eigenvalue weighted by Crippen LogP contribution is 2.25. The number of nitrogens with two attached hydrogens (primary N) is 1. The summed E-state index contributed by atoms with van der Waals surface area (Å²) in [6, 6.07) is 5.30. The fourth-order valence-corrected chi connectivity index (χ4v) is 2.03. The van der Waals surface area contributed by atoms with Gasteiger partial charge in [-0.25, -0.2) is 4.79 Å². The van der Waals surface area contributed by atoms with Gasteiger partial charge in [-0.3, -0.25) is 0 Å². The van der Waals surface area contributed by atoms with Crippen LogP contribution < -0.4 is 5.73 Å². The zero-order valence-electron chi connectivity index (χ0n) is 9.10. The van der Waals surface area contributed by atoms with Gasteiger partial charge < -0.3 is 15.4 Å². The molecule has 0 aliphatic rings. The topological polar surface area (TPSA) is 68.2 Å². The van der Waals surface area contributed by atoms with Crippen molar-refractivity contribution in [3.63, 3.8) is 0 Å². The van der Waals surface area contributed by atoms with Crippen LogP contribution in [0, 0.1) is 0 Å². The standard InChI is InChI=1S/C12H14N2O2/c1-2-14-7-8(6-13)11-9(12(15)16)4-3-5-10(11)14/h3-5,7H,2,6,13H2,1H3,(H,15,16). The molecule has 3 N–H and O–H groups in total. The molecular weight excluding hydrogens is 204 g/mol. The van der Waals surface area contributed by atoms with Crippen molar-refractivity contribution in [2.75, 3.05) is 0 Å². The molecule has 4 heteroatoms. The first-order chi connectivity index (χ1) is 7.69. The predicted octanol–water partition coefficient (Wildman–Crippen LogP) is 1.82. The normalized spacial score (nSPS) is 10.9. The number of rotatable bonds is 3. The SMILES string of the molecule is CCn1cc(CN)c2c(C(=O)O)cccc21. The molecule has 0 bridgehead atoms. The maximum absolute atomic E-state index is 11.1. The molecule has 0 aliphatic carbocycles. The lowest BCUT2D eigenvalue weighted by atomic mass is 10.1. The molecule has 0 aliphatic heterocycles. The van der Waals surface area contributed by atoms with E-state index in [4.69, 9.17) is 10.8 Å². The highest BCUT2D eigenvalue weighted by Gasteiger charge is 2.14. The van der Waals surface area contributed by atoms with Gasteiger partial charge in [0, 0.05) is 30.2 Å². The molecule has 2 rings (SSSR count). The quantitative estimate of drug-likeness (QED) is 0.825. The molecule has 4 nitrogen and oxygen atoms in total. The van der Waals surface area contributed by atoms with Crippen molar-refractivity contribution in [1.29, 1.82) is 0 Å². The van der Waals surface area contributed by atoms with Crippen LogP contribution in [0.4, 0.5) is 0 Å². The van der Waals surface area contributed by atoms with Gasteiger partial charge in [-0.05, 0) is 24.6 Å². The van der Waals surface area contributed by atoms with Gasteiger partial charge in [0.25, 0.3) is 0 Å². The maximum Gasteiger partial charge on any atom is 0.336 e. The first-order valence-corrected chi connectivity index (χ1v) is 5.23. The van der Waals surface area contributed by atoms with Crippen LogP contribution in [0.25, 0.3) is 10.9 Å². The molecule has 0 unspecified atom stereocenters. The molecule has 0 saturated carbocycles. The summed E-state index contributed by atoms with van der Waals surface area (Å²) in [6.07, 6.45) is 1.93. The third-order valence-corrected chi connectivity index (χ3v) is 2.78. The molecule has 0 amide bonds. The van der Waals surface area contributed by atoms with Crippen LogP contribution >= 0.6 is 0 Å². The summed E-state index contributed by atoms with van der Waals surface area (Å²) >= 11 is 0. The van der Waals surface area contributed by atoms with Crippen LogP contribution in [-0.4, -0.2) is 15.6 Å². The van der Waals surface area contributed by atoms with Crippen LogP contribution in [0.15, 0.2) is 24.4 Å². The van der Waals surface area contributed by atoms with Gasteiger partial charge in [-0.2, -0.15) is 0 Å². The van der Waals surface area contributed by atoms with E-state index in [-0.39, 0.29) is 0 Å². The zero-order chi connectivity index (χ0) is 11.7. The summed E-state index contributed by atoms with van der Waals surface area (Å²) in [5.41, 5.74) is 7.79. The minimum atomic E-state index is -0.908. The molecule has 84 valence electrons. The van der Waals surface area contributed by atoms with E-state index in [2.05, 4.69) is 0 Å². The molecule has 0 spiro atoms. The summed E-state index contributed by atoms with van der Waals surface area (Å²) in [4.78, 5) is 11.1. The van der Waals surface area contributed by atoms with E-state index >= 15 is 0 Å². The number of aryl methyl sites for hydroxylation is 1. The Bertz CT molecular complexity index is 543. The van der Waals surface area contributed by atoms with Gasteiger partial charge in [-0.15, -0.1) is 0 Å². The number of fused-ring (bicyclic) bond motifs is 1. The Hall–Kier alpha value is -1.81. The van der Waals surface area contributed by atoms with Crippen molar-refractivity contribution in [2.24, 2.45) is 5.73 Å². The van der Waals surface area contributed by atoms with Crippen molar-refractivity contribution in [3.05, 3.63) is 35.5 Å². The summed E-state index contributed by atoms with van der Waals surface area (Å²) in [5.74, 6) is -0.908. The number of carboxylic acid groups (broad SMARTS) is 1. The van der Waals surface area contributed by atoms with E-state index in [1.54, 1.807) is 12.1 Å². The number of benzene rings is 1. The van der Waals surface area contributed by atoms with Crippen molar-refractivity contribution in [1.82, 2.24) is 4.57 Å². The van der Waals surface area contributed by atoms with Crippen molar-refractivity contribution in [3.8, 4) is 0 Å². The predicted molar refractivity (Wildman–Crippen MR) is 62.5 cm³/mol. The number of carboxylic acids is 1. The first-order valence-electron chi connectivity index (χ1n) is 5.23. The molecule has 1 aromatic heterocycles. The fraction of sp³-hybridized carbons (Fsp3) is 0.250. The second-order valence-electron chi connectivity index (χ2n) is 3.65. The summed E-state index contributed by atoms with van der Waals surface area (Å²) < 4.78 is 2.02. The van der Waals surface area contributed by atoms with Gasteiger partial charge in [-0.1, -0.05) is 6.07 Å². The van der Waals surface area contributed by atoms with Gasteiger partial charge in [0.15, 0.2) is 0 Å². The van der Waals surface area contributed by atoms with E-state index in [0.29, 0.717) is 12.1 Å². The summed E-state index contributed by atoms with van der Waals surface area (Å²) in [5, 5.41) is 9.90. The van der Waals surface area contributed by atoms with Gasteiger partial charge in [0.1, 0.15) is 0 Å². The highest BCUT2D eigenvalue weighted by molar-refractivity contribution is 6.04. The molecule has 0 radical (unpaired) electrons. The van der Waals surface area contributed by atoms with Gasteiger partial charge >= 0.3 is 5.97 Å². The number of carbonyl (C=O) groups is 1. The number of hydrogen-bond acceptors (Lipinski definition) is 2. The van der Waals surface area contributed by atoms with Crippen LogP contribution in [0.2, 0.25) is 0 Å². The number of nitrogens with zero attached hydrogens (tertiary/aromatic N) is 1. The molecule has 16 heavy (non-hydrogen) atoms. The van der Waals surface area contributed by atoms with Crippen LogP contribution in [0.5, 0.6) is 0 Å². The monoisotopic (exact) mass is 218 g/mol. The van der Waals surface area contributed by atoms with Crippen LogP contribution in [0.1, 0.15) is 22.8 Å². The van der Waals surface area contributed by atoms with E-state index in [1.807, 2.05) is 23.8 Å². The molecule has 2 aromatic rings. The second kappa shape index (κ2) is 3.98. The third kappa shape index (κ3) is 1.47. The first kappa shape index (κ1) is 10.7. The van der Waals surface area contributed by atoms with Crippen molar-refractivity contribution in [2.45, 2.75) is 20.0 Å². The van der Waals surface area contributed by atoms with Gasteiger partial charge in [0.2, 0.25) is 0 Å². The lowest BCUT2D eigenvalue weighted by molar-refractivity contribution is 0.0699. The summed E-state index contributed by atoms with van der Waals surface area (Å²) in [7, 11) is 0. The minimum Gasteiger partial charge on any atom is -0.478 e. The van der Waals surface area contributed by atoms with E-state index < -0.39 is 5.97 Å². The molecule has 0 atom stereocenters. The second-order valence-corrected chi connectivity index (χ2v) is 3.65. The maximum atomic E-state index is 11.1. The smallest absolute Gasteiger partial charge is 0.336 e. The number of aromatic nitrogens is 1. The van der Waals surface area contributed by atoms with E-state index in [9.17, 15) is 4.79 Å². The lowest BCUT2D eigenvalue weighted by Gasteiger charge is -2.02. The van der Waals surface area contributed by atoms with Crippen molar-refractivity contribution < 1.29 is 9.90 Å². The molecule has 0 fully saturated rings. The Labute approximate surface area is 93.3 Å². The summed E-state index contributed by atoms with van der Waals surface area (Å²) in [6.45, 7) is 3.18. The zero-order valence-corrected chi connectivity index (χ0v) is 9.10.